The van der Waals surface area contributed by atoms with Gasteiger partial charge < -0.3 is 15.4 Å². The molecule has 3 aromatic rings. The molecule has 0 aliphatic rings. The molecule has 0 unspecified atom stereocenters. The summed E-state index contributed by atoms with van der Waals surface area (Å²) in [6, 6.07) is 16.6. The molecule has 1 aromatic heterocycles. The van der Waals surface area contributed by atoms with Crippen molar-refractivity contribution in [3.05, 3.63) is 82.3 Å². The molecule has 8 nitrogen and oxygen atoms in total. The van der Waals surface area contributed by atoms with E-state index in [9.17, 15) is 14.4 Å². The quantitative estimate of drug-likeness (QED) is 0.671. The Morgan fingerprint density at radius 2 is 1.55 bits per heavy atom. The lowest BCUT2D eigenvalue weighted by atomic mass is 10.2. The van der Waals surface area contributed by atoms with Crippen molar-refractivity contribution in [2.75, 3.05) is 17.7 Å². The Balaban J connectivity index is 1.69. The lowest BCUT2D eigenvalue weighted by Crippen LogP contribution is -2.31. The van der Waals surface area contributed by atoms with Gasteiger partial charge in [-0.2, -0.15) is 5.10 Å². The van der Waals surface area contributed by atoms with Crippen LogP contribution < -0.4 is 20.9 Å². The minimum atomic E-state index is -0.484. The molecule has 148 valence electrons. The number of nitrogens with zero attached hydrogens (tertiary/aromatic N) is 2. The van der Waals surface area contributed by atoms with Crippen molar-refractivity contribution in [3.8, 4) is 5.75 Å². The molecule has 1 heterocycles. The van der Waals surface area contributed by atoms with Gasteiger partial charge in [0.05, 0.1) is 7.11 Å². The molecule has 0 aliphatic heterocycles. The molecule has 2 aromatic carbocycles. The van der Waals surface area contributed by atoms with Crippen LogP contribution in [0.3, 0.4) is 0 Å². The van der Waals surface area contributed by atoms with E-state index in [1.807, 2.05) is 19.1 Å². The molecule has 29 heavy (non-hydrogen) atoms. The van der Waals surface area contributed by atoms with Gasteiger partial charge in [0.1, 0.15) is 18.0 Å². The first-order chi connectivity index (χ1) is 13.9. The highest BCUT2D eigenvalue weighted by atomic mass is 16.5. The molecule has 2 amide bonds. The van der Waals surface area contributed by atoms with Gasteiger partial charge in [-0.05, 0) is 49.4 Å². The molecule has 0 saturated heterocycles. The summed E-state index contributed by atoms with van der Waals surface area (Å²) in [5.74, 6) is -0.257. The number of carbonyl (C=O) groups excluding carboxylic acids is 2. The standard InChI is InChI=1S/C21H20N4O4/c1-14-3-5-16(6-4-14)23-21(28)18-11-12-20(27)25(24-18)13-19(26)22-15-7-9-17(29-2)10-8-15/h3-12H,13H2,1-2H3,(H,22,26)(H,23,28). The Labute approximate surface area is 167 Å². The van der Waals surface area contributed by atoms with Crippen LogP contribution in [0, 0.1) is 6.92 Å². The van der Waals surface area contributed by atoms with Gasteiger partial charge >= 0.3 is 0 Å². The van der Waals surface area contributed by atoms with Crippen molar-refractivity contribution in [2.24, 2.45) is 0 Å². The van der Waals surface area contributed by atoms with E-state index >= 15 is 0 Å². The third kappa shape index (κ3) is 5.29. The number of methoxy groups -OCH3 is 1. The summed E-state index contributed by atoms with van der Waals surface area (Å²) in [4.78, 5) is 36.7. The van der Waals surface area contributed by atoms with Crippen molar-refractivity contribution in [1.29, 1.82) is 0 Å². The third-order valence-corrected chi connectivity index (χ3v) is 4.08. The average molecular weight is 392 g/mol. The van der Waals surface area contributed by atoms with Crippen molar-refractivity contribution >= 4 is 23.2 Å². The lowest BCUT2D eigenvalue weighted by Gasteiger charge is -2.09. The minimum Gasteiger partial charge on any atom is -0.497 e. The molecule has 8 heteroatoms. The van der Waals surface area contributed by atoms with Gasteiger partial charge in [0.25, 0.3) is 11.5 Å². The highest BCUT2D eigenvalue weighted by Crippen LogP contribution is 2.15. The number of benzene rings is 2. The van der Waals surface area contributed by atoms with Crippen LogP contribution in [-0.4, -0.2) is 28.7 Å². The Kier molecular flexibility index (Phi) is 6.03. The molecule has 2 N–H and O–H groups in total. The summed E-state index contributed by atoms with van der Waals surface area (Å²) < 4.78 is 6.01. The van der Waals surface area contributed by atoms with Gasteiger partial charge in [-0.3, -0.25) is 14.4 Å². The second kappa shape index (κ2) is 8.83. The average Bonchev–Trinajstić information content (AvgIpc) is 2.72. The van der Waals surface area contributed by atoms with E-state index in [4.69, 9.17) is 4.74 Å². The number of aryl methyl sites for hydroxylation is 1. The number of amides is 2. The van der Waals surface area contributed by atoms with Crippen LogP contribution in [0.1, 0.15) is 16.1 Å². The van der Waals surface area contributed by atoms with Gasteiger partial charge in [-0.25, -0.2) is 4.68 Å². The maximum absolute atomic E-state index is 12.4. The van der Waals surface area contributed by atoms with E-state index in [-0.39, 0.29) is 12.2 Å². The molecule has 0 fully saturated rings. The number of hydrogen-bond acceptors (Lipinski definition) is 5. The Morgan fingerprint density at radius 3 is 2.21 bits per heavy atom. The second-order valence-electron chi connectivity index (χ2n) is 6.31. The van der Waals surface area contributed by atoms with Crippen molar-refractivity contribution in [3.63, 3.8) is 0 Å². The maximum atomic E-state index is 12.4. The molecular weight excluding hydrogens is 372 g/mol. The van der Waals surface area contributed by atoms with Crippen LogP contribution in [0.2, 0.25) is 0 Å². The number of nitrogens with one attached hydrogen (secondary N) is 2. The van der Waals surface area contributed by atoms with Crippen molar-refractivity contribution < 1.29 is 14.3 Å². The fourth-order valence-electron chi connectivity index (χ4n) is 2.53. The zero-order valence-electron chi connectivity index (χ0n) is 16.0. The molecule has 0 radical (unpaired) electrons. The van der Waals surface area contributed by atoms with E-state index in [1.165, 1.54) is 12.1 Å². The SMILES string of the molecule is COc1ccc(NC(=O)Cn2nc(C(=O)Nc3ccc(C)cc3)ccc2=O)cc1. The zero-order chi connectivity index (χ0) is 20.8. The summed E-state index contributed by atoms with van der Waals surface area (Å²) in [5, 5.41) is 9.38. The predicted molar refractivity (Wildman–Crippen MR) is 109 cm³/mol. The monoisotopic (exact) mass is 392 g/mol. The molecule has 0 bridgehead atoms. The number of anilines is 2. The summed E-state index contributed by atoms with van der Waals surface area (Å²) in [7, 11) is 1.55. The molecule has 0 spiro atoms. The first kappa shape index (κ1) is 19.8. The van der Waals surface area contributed by atoms with Crippen LogP contribution in [0.4, 0.5) is 11.4 Å². The number of hydrogen-bond donors (Lipinski definition) is 2. The van der Waals surface area contributed by atoms with E-state index < -0.39 is 17.4 Å². The van der Waals surface area contributed by atoms with E-state index in [2.05, 4.69) is 15.7 Å². The number of aromatic nitrogens is 2. The Hall–Kier alpha value is -3.94. The van der Waals surface area contributed by atoms with Crippen molar-refractivity contribution in [1.82, 2.24) is 9.78 Å². The minimum absolute atomic E-state index is 0.0300. The molecule has 0 aliphatic carbocycles. The normalized spacial score (nSPS) is 10.3. The fraction of sp³-hybridized carbons (Fsp3) is 0.143. The van der Waals surface area contributed by atoms with Gasteiger partial charge in [0.15, 0.2) is 0 Å². The lowest BCUT2D eigenvalue weighted by molar-refractivity contribution is -0.117. The fourth-order valence-corrected chi connectivity index (χ4v) is 2.53. The highest BCUT2D eigenvalue weighted by Gasteiger charge is 2.12. The van der Waals surface area contributed by atoms with Crippen LogP contribution in [0.5, 0.6) is 5.75 Å². The summed E-state index contributed by atoms with van der Waals surface area (Å²) in [6.45, 7) is 1.62. The maximum Gasteiger partial charge on any atom is 0.276 e. The first-order valence-corrected chi connectivity index (χ1v) is 8.85. The summed E-state index contributed by atoms with van der Waals surface area (Å²) in [5.41, 5.74) is 1.77. The van der Waals surface area contributed by atoms with E-state index in [0.717, 1.165) is 10.2 Å². The van der Waals surface area contributed by atoms with Crippen molar-refractivity contribution in [2.45, 2.75) is 13.5 Å². The Bertz CT molecular complexity index is 1070. The van der Waals surface area contributed by atoms with Gasteiger partial charge in [0, 0.05) is 17.4 Å². The van der Waals surface area contributed by atoms with Gasteiger partial charge in [0.2, 0.25) is 5.91 Å². The second-order valence-corrected chi connectivity index (χ2v) is 6.31. The molecule has 0 saturated carbocycles. The van der Waals surface area contributed by atoms with Gasteiger partial charge in [-0.15, -0.1) is 0 Å². The zero-order valence-corrected chi connectivity index (χ0v) is 16.0. The number of carbonyl (C=O) groups is 2. The Morgan fingerprint density at radius 1 is 0.931 bits per heavy atom. The molecule has 3 rings (SSSR count). The third-order valence-electron chi connectivity index (χ3n) is 4.08. The van der Waals surface area contributed by atoms with Crippen LogP contribution in [-0.2, 0) is 11.3 Å². The van der Waals surface area contributed by atoms with Crippen LogP contribution in [0.25, 0.3) is 0 Å². The molecule has 0 atom stereocenters. The number of ether oxygens (including phenoxy) is 1. The largest absolute Gasteiger partial charge is 0.497 e. The van der Waals surface area contributed by atoms with E-state index in [0.29, 0.717) is 17.1 Å². The molecular formula is C21H20N4O4. The summed E-state index contributed by atoms with van der Waals surface area (Å²) in [6.07, 6.45) is 0. The first-order valence-electron chi connectivity index (χ1n) is 8.85. The van der Waals surface area contributed by atoms with E-state index in [1.54, 1.807) is 43.5 Å². The van der Waals surface area contributed by atoms with Crippen LogP contribution >= 0.6 is 0 Å². The number of rotatable bonds is 6. The predicted octanol–water partition coefficient (Wildman–Crippen LogP) is 2.45. The topological polar surface area (TPSA) is 102 Å². The highest BCUT2D eigenvalue weighted by molar-refractivity contribution is 6.02. The summed E-state index contributed by atoms with van der Waals surface area (Å²) >= 11 is 0. The van der Waals surface area contributed by atoms with Crippen LogP contribution in [0.15, 0.2) is 65.5 Å². The van der Waals surface area contributed by atoms with Gasteiger partial charge in [-0.1, -0.05) is 17.7 Å². The smallest absolute Gasteiger partial charge is 0.276 e.